The van der Waals surface area contributed by atoms with E-state index in [-0.39, 0.29) is 11.7 Å². The number of piperidine rings is 1. The number of fused-ring (bicyclic) bond motifs is 1. The predicted molar refractivity (Wildman–Crippen MR) is 134 cm³/mol. The van der Waals surface area contributed by atoms with Gasteiger partial charge in [0.25, 0.3) is 5.91 Å². The van der Waals surface area contributed by atoms with Crippen molar-refractivity contribution in [2.45, 2.75) is 51.6 Å². The number of hydrogen-bond acceptors (Lipinski definition) is 4. The van der Waals surface area contributed by atoms with Crippen molar-refractivity contribution >= 4 is 5.91 Å². The van der Waals surface area contributed by atoms with Gasteiger partial charge in [0.2, 0.25) is 0 Å². The highest BCUT2D eigenvalue weighted by atomic mass is 19.4. The molecule has 1 N–H and O–H groups in total. The monoisotopic (exact) mass is 509 g/mol. The Kier molecular flexibility index (Phi) is 7.20. The maximum absolute atomic E-state index is 13.3. The summed E-state index contributed by atoms with van der Waals surface area (Å²) in [6.07, 6.45) is 2.10. The van der Waals surface area contributed by atoms with Crippen molar-refractivity contribution in [3.8, 4) is 5.75 Å². The fourth-order valence-corrected chi connectivity index (χ4v) is 5.69. The van der Waals surface area contributed by atoms with Gasteiger partial charge in [-0.3, -0.25) is 9.78 Å². The van der Waals surface area contributed by atoms with Crippen LogP contribution in [-0.4, -0.2) is 35.2 Å². The SMILES string of the molecule is Cc1cc(C(Cc2ccncc2)C2CCNCC2)cc2c1C(=O)N(Cc1ccc(OC(F)(F)F)cc1)C2. The summed E-state index contributed by atoms with van der Waals surface area (Å²) in [7, 11) is 0. The highest BCUT2D eigenvalue weighted by molar-refractivity contribution is 5.99. The first-order chi connectivity index (χ1) is 17.8. The van der Waals surface area contributed by atoms with Gasteiger partial charge in [0.1, 0.15) is 5.75 Å². The Morgan fingerprint density at radius 2 is 1.76 bits per heavy atom. The maximum atomic E-state index is 13.3. The molecule has 5 rings (SSSR count). The van der Waals surface area contributed by atoms with Gasteiger partial charge < -0.3 is 15.0 Å². The third kappa shape index (κ3) is 5.96. The summed E-state index contributed by atoms with van der Waals surface area (Å²) in [5.41, 5.74) is 6.01. The largest absolute Gasteiger partial charge is 0.573 e. The van der Waals surface area contributed by atoms with E-state index in [2.05, 4.69) is 39.3 Å². The van der Waals surface area contributed by atoms with Gasteiger partial charge in [0.05, 0.1) is 0 Å². The number of pyridine rings is 1. The molecule has 0 aliphatic carbocycles. The molecule has 8 heteroatoms. The van der Waals surface area contributed by atoms with E-state index in [1.165, 1.54) is 23.3 Å². The molecule has 194 valence electrons. The molecule has 0 bridgehead atoms. The Balaban J connectivity index is 1.36. The third-order valence-corrected chi connectivity index (χ3v) is 7.42. The van der Waals surface area contributed by atoms with Gasteiger partial charge >= 0.3 is 6.36 Å². The van der Waals surface area contributed by atoms with Crippen LogP contribution >= 0.6 is 0 Å². The Hall–Kier alpha value is -3.39. The average molecular weight is 510 g/mol. The summed E-state index contributed by atoms with van der Waals surface area (Å²) in [4.78, 5) is 19.2. The number of carbonyl (C=O) groups excluding carboxylic acids is 1. The lowest BCUT2D eigenvalue weighted by Crippen LogP contribution is -2.31. The normalized spacial score (nSPS) is 17.1. The first-order valence-corrected chi connectivity index (χ1v) is 12.6. The van der Waals surface area contributed by atoms with Crippen LogP contribution in [0.5, 0.6) is 5.75 Å². The van der Waals surface area contributed by atoms with Gasteiger partial charge in [-0.2, -0.15) is 0 Å². The van der Waals surface area contributed by atoms with E-state index in [4.69, 9.17) is 0 Å². The second kappa shape index (κ2) is 10.5. The highest BCUT2D eigenvalue weighted by Gasteiger charge is 2.33. The minimum atomic E-state index is -4.73. The van der Waals surface area contributed by atoms with E-state index in [1.54, 1.807) is 17.0 Å². The first-order valence-electron chi connectivity index (χ1n) is 12.6. The molecule has 1 amide bonds. The molecule has 1 atom stereocenters. The van der Waals surface area contributed by atoms with Crippen molar-refractivity contribution in [2.75, 3.05) is 13.1 Å². The summed E-state index contributed by atoms with van der Waals surface area (Å²) in [5.74, 6) is 0.587. The van der Waals surface area contributed by atoms with Crippen molar-refractivity contribution < 1.29 is 22.7 Å². The molecule has 3 heterocycles. The molecule has 1 fully saturated rings. The molecule has 2 aliphatic rings. The van der Waals surface area contributed by atoms with Gasteiger partial charge in [-0.15, -0.1) is 13.2 Å². The van der Waals surface area contributed by atoms with Gasteiger partial charge in [-0.1, -0.05) is 24.3 Å². The van der Waals surface area contributed by atoms with E-state index in [9.17, 15) is 18.0 Å². The quantitative estimate of drug-likeness (QED) is 0.439. The zero-order valence-electron chi connectivity index (χ0n) is 20.7. The third-order valence-electron chi connectivity index (χ3n) is 7.42. The van der Waals surface area contributed by atoms with Gasteiger partial charge in [0, 0.05) is 31.0 Å². The Bertz CT molecular complexity index is 1240. The fraction of sp³-hybridized carbons (Fsp3) is 0.379. The van der Waals surface area contributed by atoms with Gasteiger partial charge in [-0.05, 0) is 103 Å². The summed E-state index contributed by atoms with van der Waals surface area (Å²) < 4.78 is 41.3. The molecule has 1 saturated heterocycles. The number of nitrogens with one attached hydrogen (secondary N) is 1. The maximum Gasteiger partial charge on any atom is 0.573 e. The molecule has 0 saturated carbocycles. The number of alkyl halides is 3. The summed E-state index contributed by atoms with van der Waals surface area (Å²) >= 11 is 0. The van der Waals surface area contributed by atoms with E-state index in [0.717, 1.165) is 54.6 Å². The van der Waals surface area contributed by atoms with Crippen molar-refractivity contribution in [3.63, 3.8) is 0 Å². The number of nitrogens with zero attached hydrogens (tertiary/aromatic N) is 2. The van der Waals surface area contributed by atoms with E-state index >= 15 is 0 Å². The number of ether oxygens (including phenoxy) is 1. The lowest BCUT2D eigenvalue weighted by molar-refractivity contribution is -0.274. The number of aromatic nitrogens is 1. The van der Waals surface area contributed by atoms with Crippen LogP contribution < -0.4 is 10.1 Å². The lowest BCUT2D eigenvalue weighted by Gasteiger charge is -2.32. The molecule has 5 nitrogen and oxygen atoms in total. The standard InChI is InChI=1S/C29H30F3N3O2/c1-19-14-23(26(22-8-12-34-13-9-22)15-20-6-10-33-11-7-20)16-24-18-35(28(36)27(19)24)17-21-2-4-25(5-3-21)37-29(30,31)32/h2-7,10-11,14,16,22,26,34H,8-9,12-13,15,17-18H2,1H3. The van der Waals surface area contributed by atoms with Crippen LogP contribution in [-0.2, 0) is 19.5 Å². The van der Waals surface area contributed by atoms with E-state index in [1.807, 2.05) is 19.3 Å². The van der Waals surface area contributed by atoms with Crippen LogP contribution in [0.2, 0.25) is 0 Å². The van der Waals surface area contributed by atoms with Crippen molar-refractivity contribution in [2.24, 2.45) is 5.92 Å². The van der Waals surface area contributed by atoms with Crippen LogP contribution in [0.1, 0.15) is 56.9 Å². The molecule has 37 heavy (non-hydrogen) atoms. The topological polar surface area (TPSA) is 54.5 Å². The smallest absolute Gasteiger partial charge is 0.406 e. The number of aryl methyl sites for hydroxylation is 1. The van der Waals surface area contributed by atoms with Gasteiger partial charge in [0.15, 0.2) is 0 Å². The lowest BCUT2D eigenvalue weighted by atomic mass is 9.76. The highest BCUT2D eigenvalue weighted by Crippen LogP contribution is 2.38. The Morgan fingerprint density at radius 1 is 1.05 bits per heavy atom. The van der Waals surface area contributed by atoms with E-state index in [0.29, 0.717) is 24.9 Å². The Morgan fingerprint density at radius 3 is 2.43 bits per heavy atom. The summed E-state index contributed by atoms with van der Waals surface area (Å²) in [6, 6.07) is 14.2. The zero-order valence-corrected chi connectivity index (χ0v) is 20.7. The molecule has 2 aliphatic heterocycles. The molecule has 1 unspecified atom stereocenters. The molecular formula is C29H30F3N3O2. The number of rotatable bonds is 7. The zero-order chi connectivity index (χ0) is 26.0. The summed E-state index contributed by atoms with van der Waals surface area (Å²) in [5, 5.41) is 3.46. The van der Waals surface area contributed by atoms with Crippen LogP contribution in [0.25, 0.3) is 0 Å². The molecule has 2 aromatic carbocycles. The van der Waals surface area contributed by atoms with Gasteiger partial charge in [-0.25, -0.2) is 0 Å². The number of halogens is 3. The molecule has 1 aromatic heterocycles. The number of benzene rings is 2. The average Bonchev–Trinajstić information content (AvgIpc) is 3.19. The molecular weight excluding hydrogens is 479 g/mol. The number of amides is 1. The van der Waals surface area contributed by atoms with Crippen molar-refractivity contribution in [3.05, 3.63) is 94.3 Å². The van der Waals surface area contributed by atoms with Crippen molar-refractivity contribution in [1.82, 2.24) is 15.2 Å². The molecule has 3 aromatic rings. The second-order valence-electron chi connectivity index (χ2n) is 9.98. The van der Waals surface area contributed by atoms with E-state index < -0.39 is 6.36 Å². The second-order valence-corrected chi connectivity index (χ2v) is 9.98. The Labute approximate surface area is 214 Å². The first kappa shape index (κ1) is 25.3. The molecule has 0 spiro atoms. The van der Waals surface area contributed by atoms with Crippen LogP contribution in [0, 0.1) is 12.8 Å². The minimum Gasteiger partial charge on any atom is -0.406 e. The number of carbonyl (C=O) groups is 1. The minimum absolute atomic E-state index is 0.0396. The van der Waals surface area contributed by atoms with Crippen LogP contribution in [0.4, 0.5) is 13.2 Å². The predicted octanol–water partition coefficient (Wildman–Crippen LogP) is 5.77. The summed E-state index contributed by atoms with van der Waals surface area (Å²) in [6.45, 7) is 4.83. The van der Waals surface area contributed by atoms with Crippen molar-refractivity contribution in [1.29, 1.82) is 0 Å². The van der Waals surface area contributed by atoms with Crippen LogP contribution in [0.3, 0.4) is 0 Å². The molecule has 0 radical (unpaired) electrons. The number of hydrogen-bond donors (Lipinski definition) is 1. The fourth-order valence-electron chi connectivity index (χ4n) is 5.69. The van der Waals surface area contributed by atoms with Crippen LogP contribution in [0.15, 0.2) is 60.9 Å².